The SMILES string of the molecule is CCCCC(C(=O)O)N1CCCS1(=O)=O. The van der Waals surface area contributed by atoms with Crippen molar-refractivity contribution in [3.8, 4) is 0 Å². The van der Waals surface area contributed by atoms with Crippen LogP contribution in [-0.4, -0.2) is 42.1 Å². The Kier molecular flexibility index (Phi) is 4.10. The van der Waals surface area contributed by atoms with E-state index in [1.807, 2.05) is 6.92 Å². The van der Waals surface area contributed by atoms with Crippen LogP contribution in [0.25, 0.3) is 0 Å². The van der Waals surface area contributed by atoms with Gasteiger partial charge >= 0.3 is 5.97 Å². The Bertz CT molecular complexity index is 325. The zero-order valence-electron chi connectivity index (χ0n) is 8.85. The summed E-state index contributed by atoms with van der Waals surface area (Å²) in [4.78, 5) is 11.0. The summed E-state index contributed by atoms with van der Waals surface area (Å²) in [5.41, 5.74) is 0. The number of unbranched alkanes of at least 4 members (excludes halogenated alkanes) is 1. The van der Waals surface area contributed by atoms with E-state index in [2.05, 4.69) is 0 Å². The van der Waals surface area contributed by atoms with Crippen molar-refractivity contribution in [2.45, 2.75) is 38.6 Å². The Morgan fingerprint density at radius 1 is 1.53 bits per heavy atom. The first-order valence-electron chi connectivity index (χ1n) is 5.21. The molecule has 0 aromatic carbocycles. The summed E-state index contributed by atoms with van der Waals surface area (Å²) in [6.45, 7) is 2.31. The van der Waals surface area contributed by atoms with Crippen LogP contribution >= 0.6 is 0 Å². The first kappa shape index (κ1) is 12.4. The second kappa shape index (κ2) is 4.94. The van der Waals surface area contributed by atoms with Gasteiger partial charge in [0.25, 0.3) is 0 Å². The highest BCUT2D eigenvalue weighted by Gasteiger charge is 2.37. The van der Waals surface area contributed by atoms with E-state index in [0.717, 1.165) is 17.1 Å². The van der Waals surface area contributed by atoms with Crippen LogP contribution < -0.4 is 0 Å². The van der Waals surface area contributed by atoms with Crippen molar-refractivity contribution in [2.24, 2.45) is 0 Å². The summed E-state index contributed by atoms with van der Waals surface area (Å²) in [7, 11) is -3.31. The number of carboxylic acids is 1. The van der Waals surface area contributed by atoms with Crippen molar-refractivity contribution < 1.29 is 18.3 Å². The number of rotatable bonds is 5. The summed E-state index contributed by atoms with van der Waals surface area (Å²) in [6.07, 6.45) is 2.56. The molecule has 0 aromatic heterocycles. The van der Waals surface area contributed by atoms with Crippen LogP contribution in [0.2, 0.25) is 0 Å². The first-order chi connectivity index (χ1) is 6.99. The number of sulfonamides is 1. The van der Waals surface area contributed by atoms with E-state index in [4.69, 9.17) is 5.11 Å². The topological polar surface area (TPSA) is 74.7 Å². The fraction of sp³-hybridized carbons (Fsp3) is 0.889. The van der Waals surface area contributed by atoms with Crippen molar-refractivity contribution in [3.05, 3.63) is 0 Å². The summed E-state index contributed by atoms with van der Waals surface area (Å²) in [5.74, 6) is -0.947. The normalized spacial score (nSPS) is 22.7. The minimum Gasteiger partial charge on any atom is -0.480 e. The molecule has 0 spiro atoms. The lowest BCUT2D eigenvalue weighted by Gasteiger charge is -2.22. The minimum atomic E-state index is -3.31. The molecular formula is C9H17NO4S. The van der Waals surface area contributed by atoms with E-state index >= 15 is 0 Å². The second-order valence-electron chi connectivity index (χ2n) is 3.78. The van der Waals surface area contributed by atoms with Crippen LogP contribution in [0, 0.1) is 0 Å². The van der Waals surface area contributed by atoms with E-state index in [-0.39, 0.29) is 5.75 Å². The highest BCUT2D eigenvalue weighted by atomic mass is 32.2. The van der Waals surface area contributed by atoms with Gasteiger partial charge in [-0.15, -0.1) is 0 Å². The average Bonchev–Trinajstić information content (AvgIpc) is 2.46. The third-order valence-corrected chi connectivity index (χ3v) is 4.56. The zero-order valence-corrected chi connectivity index (χ0v) is 9.66. The Hall–Kier alpha value is -0.620. The van der Waals surface area contributed by atoms with Gasteiger partial charge < -0.3 is 5.11 Å². The Balaban J connectivity index is 2.76. The third-order valence-electron chi connectivity index (χ3n) is 2.60. The molecule has 1 aliphatic heterocycles. The van der Waals surface area contributed by atoms with Gasteiger partial charge in [0.1, 0.15) is 6.04 Å². The number of hydrogen-bond acceptors (Lipinski definition) is 3. The van der Waals surface area contributed by atoms with Gasteiger partial charge in [0, 0.05) is 6.54 Å². The van der Waals surface area contributed by atoms with Gasteiger partial charge in [-0.25, -0.2) is 8.42 Å². The van der Waals surface area contributed by atoms with Crippen LogP contribution in [0.4, 0.5) is 0 Å². The van der Waals surface area contributed by atoms with Gasteiger partial charge in [-0.3, -0.25) is 4.79 Å². The fourth-order valence-electron chi connectivity index (χ4n) is 1.80. The summed E-state index contributed by atoms with van der Waals surface area (Å²) < 4.78 is 24.2. The Morgan fingerprint density at radius 3 is 2.60 bits per heavy atom. The molecule has 1 atom stereocenters. The van der Waals surface area contributed by atoms with Gasteiger partial charge in [-0.2, -0.15) is 4.31 Å². The lowest BCUT2D eigenvalue weighted by molar-refractivity contribution is -0.141. The number of nitrogens with zero attached hydrogens (tertiary/aromatic N) is 1. The van der Waals surface area contributed by atoms with E-state index in [1.165, 1.54) is 0 Å². The number of carbonyl (C=O) groups is 1. The Labute approximate surface area is 90.1 Å². The molecule has 0 aliphatic carbocycles. The predicted octanol–water partition coefficient (Wildman–Crippen LogP) is 0.665. The fourth-order valence-corrected chi connectivity index (χ4v) is 3.52. The van der Waals surface area contributed by atoms with Crippen LogP contribution in [0.15, 0.2) is 0 Å². The lowest BCUT2D eigenvalue weighted by Crippen LogP contribution is -2.42. The van der Waals surface area contributed by atoms with Gasteiger partial charge in [-0.05, 0) is 12.8 Å². The van der Waals surface area contributed by atoms with Crippen LogP contribution in [-0.2, 0) is 14.8 Å². The van der Waals surface area contributed by atoms with Crippen molar-refractivity contribution in [3.63, 3.8) is 0 Å². The molecule has 0 saturated carbocycles. The average molecular weight is 235 g/mol. The molecule has 0 radical (unpaired) electrons. The third kappa shape index (κ3) is 2.92. The highest BCUT2D eigenvalue weighted by molar-refractivity contribution is 7.89. The van der Waals surface area contributed by atoms with Crippen LogP contribution in [0.1, 0.15) is 32.6 Å². The standard InChI is InChI=1S/C9H17NO4S/c1-2-3-5-8(9(11)12)10-6-4-7-15(10,13)14/h8H,2-7H2,1H3,(H,11,12). The number of carboxylic acid groups (broad SMARTS) is 1. The van der Waals surface area contributed by atoms with E-state index < -0.39 is 22.0 Å². The maximum absolute atomic E-state index is 11.5. The molecule has 1 heterocycles. The Morgan fingerprint density at radius 2 is 2.20 bits per heavy atom. The van der Waals surface area contributed by atoms with E-state index in [0.29, 0.717) is 19.4 Å². The molecule has 0 bridgehead atoms. The molecule has 1 fully saturated rings. The van der Waals surface area contributed by atoms with Crippen LogP contribution in [0.5, 0.6) is 0 Å². The lowest BCUT2D eigenvalue weighted by atomic mass is 10.1. The molecule has 0 aromatic rings. The molecule has 1 saturated heterocycles. The van der Waals surface area contributed by atoms with Gasteiger partial charge in [0.05, 0.1) is 5.75 Å². The maximum Gasteiger partial charge on any atom is 0.322 e. The van der Waals surface area contributed by atoms with Gasteiger partial charge in [-0.1, -0.05) is 19.8 Å². The quantitative estimate of drug-likeness (QED) is 0.759. The molecule has 5 nitrogen and oxygen atoms in total. The number of hydrogen-bond donors (Lipinski definition) is 1. The molecule has 15 heavy (non-hydrogen) atoms. The molecule has 1 rings (SSSR count). The number of aliphatic carboxylic acids is 1. The summed E-state index contributed by atoms with van der Waals surface area (Å²) in [6, 6.07) is -0.863. The monoisotopic (exact) mass is 235 g/mol. The molecule has 88 valence electrons. The van der Waals surface area contributed by atoms with Crippen molar-refractivity contribution in [1.82, 2.24) is 4.31 Å². The molecule has 0 amide bonds. The van der Waals surface area contributed by atoms with Crippen LogP contribution in [0.3, 0.4) is 0 Å². The summed E-state index contributed by atoms with van der Waals surface area (Å²) >= 11 is 0. The first-order valence-corrected chi connectivity index (χ1v) is 6.82. The van der Waals surface area contributed by atoms with E-state index in [9.17, 15) is 13.2 Å². The highest BCUT2D eigenvalue weighted by Crippen LogP contribution is 2.20. The molecule has 1 aliphatic rings. The largest absolute Gasteiger partial charge is 0.480 e. The molecular weight excluding hydrogens is 218 g/mol. The smallest absolute Gasteiger partial charge is 0.322 e. The van der Waals surface area contributed by atoms with Crippen molar-refractivity contribution in [1.29, 1.82) is 0 Å². The maximum atomic E-state index is 11.5. The second-order valence-corrected chi connectivity index (χ2v) is 5.82. The molecule has 6 heteroatoms. The van der Waals surface area contributed by atoms with E-state index in [1.54, 1.807) is 0 Å². The predicted molar refractivity (Wildman–Crippen MR) is 56.1 cm³/mol. The summed E-state index contributed by atoms with van der Waals surface area (Å²) in [5, 5.41) is 8.99. The van der Waals surface area contributed by atoms with Gasteiger partial charge in [0.15, 0.2) is 0 Å². The molecule has 1 unspecified atom stereocenters. The van der Waals surface area contributed by atoms with Gasteiger partial charge in [0.2, 0.25) is 10.0 Å². The van der Waals surface area contributed by atoms with Crippen molar-refractivity contribution in [2.75, 3.05) is 12.3 Å². The van der Waals surface area contributed by atoms with Crippen molar-refractivity contribution >= 4 is 16.0 Å². The minimum absolute atomic E-state index is 0.0862. The zero-order chi connectivity index (χ0) is 11.5. The molecule has 1 N–H and O–H groups in total.